The van der Waals surface area contributed by atoms with Crippen LogP contribution in [-0.2, 0) is 7.05 Å². The topological polar surface area (TPSA) is 33.4 Å². The first-order chi connectivity index (χ1) is 14.4. The number of benzene rings is 2. The lowest BCUT2D eigenvalue weighted by Crippen LogP contribution is -2.47. The van der Waals surface area contributed by atoms with Gasteiger partial charge in [-0.2, -0.15) is 0 Å². The number of hydrogen-bond acceptors (Lipinski definition) is 3. The first kappa shape index (κ1) is 20.8. The Morgan fingerprint density at radius 1 is 0.967 bits per heavy atom. The van der Waals surface area contributed by atoms with Crippen LogP contribution in [0.5, 0.6) is 0 Å². The third-order valence-electron chi connectivity index (χ3n) is 6.21. The maximum atomic E-state index is 12.9. The van der Waals surface area contributed by atoms with Crippen molar-refractivity contribution in [3.05, 3.63) is 80.7 Å². The van der Waals surface area contributed by atoms with Crippen LogP contribution in [0, 0.1) is 13.8 Å². The zero-order valence-corrected chi connectivity index (χ0v) is 18.9. The van der Waals surface area contributed by atoms with E-state index in [9.17, 15) is 4.79 Å². The minimum atomic E-state index is -0.166. The minimum absolute atomic E-state index is 0.0569. The van der Waals surface area contributed by atoms with Gasteiger partial charge in [-0.3, -0.25) is 14.4 Å². The molecule has 1 aromatic heterocycles. The van der Waals surface area contributed by atoms with Crippen LogP contribution in [-0.4, -0.2) is 40.4 Å². The summed E-state index contributed by atoms with van der Waals surface area (Å²) in [5, 5.41) is 0.311. The summed E-state index contributed by atoms with van der Waals surface area (Å²) in [4.78, 5) is 17.7. The van der Waals surface area contributed by atoms with Gasteiger partial charge in [0.15, 0.2) is 0 Å². The highest BCUT2D eigenvalue weighted by Crippen LogP contribution is 2.29. The van der Waals surface area contributed by atoms with E-state index in [1.165, 1.54) is 16.8 Å². The van der Waals surface area contributed by atoms with Gasteiger partial charge in [-0.1, -0.05) is 47.5 Å². The van der Waals surface area contributed by atoms with Gasteiger partial charge >= 0.3 is 0 Å². The van der Waals surface area contributed by atoms with Crippen molar-refractivity contribution < 1.29 is 0 Å². The van der Waals surface area contributed by atoms with Gasteiger partial charge in [-0.15, -0.1) is 0 Å². The van der Waals surface area contributed by atoms with Gasteiger partial charge in [0.05, 0.1) is 17.4 Å². The largest absolute Gasteiger partial charge is 0.369 e. The summed E-state index contributed by atoms with van der Waals surface area (Å²) in [6.45, 7) is 10.2. The van der Waals surface area contributed by atoms with Gasteiger partial charge in [0, 0.05) is 38.9 Å². The molecule has 1 fully saturated rings. The highest BCUT2D eigenvalue weighted by atomic mass is 35.5. The summed E-state index contributed by atoms with van der Waals surface area (Å²) in [5.41, 5.74) is 5.45. The number of piperazine rings is 1. The van der Waals surface area contributed by atoms with Crippen molar-refractivity contribution in [2.45, 2.75) is 26.8 Å². The Morgan fingerprint density at radius 2 is 1.63 bits per heavy atom. The van der Waals surface area contributed by atoms with Crippen LogP contribution in [0.4, 0.5) is 5.69 Å². The van der Waals surface area contributed by atoms with Crippen LogP contribution < -0.4 is 10.5 Å². The van der Waals surface area contributed by atoms with E-state index in [0.29, 0.717) is 5.02 Å². The molecule has 0 aliphatic carbocycles. The highest BCUT2D eigenvalue weighted by molar-refractivity contribution is 6.31. The Bertz CT molecular complexity index is 1090. The molecule has 4 rings (SSSR count). The fourth-order valence-corrected chi connectivity index (χ4v) is 4.95. The predicted octanol–water partition coefficient (Wildman–Crippen LogP) is 4.33. The second kappa shape index (κ2) is 8.32. The van der Waals surface area contributed by atoms with E-state index in [0.717, 1.165) is 37.6 Å². The van der Waals surface area contributed by atoms with E-state index in [1.54, 1.807) is 4.68 Å². The van der Waals surface area contributed by atoms with Crippen molar-refractivity contribution in [1.29, 1.82) is 0 Å². The molecule has 5 nitrogen and oxygen atoms in total. The SMILES string of the molecule is Cc1ccc(N2CCN(C(C)c3c(Cl)c(=O)n(-c4ccccc4)n3C)CC2)c(C)c1. The summed E-state index contributed by atoms with van der Waals surface area (Å²) in [6, 6.07) is 16.4. The lowest BCUT2D eigenvalue weighted by molar-refractivity contribution is 0.191. The van der Waals surface area contributed by atoms with Crippen LogP contribution in [0.3, 0.4) is 0 Å². The summed E-state index contributed by atoms with van der Waals surface area (Å²) >= 11 is 6.55. The molecular weight excluding hydrogens is 396 g/mol. The second-order valence-corrected chi connectivity index (χ2v) is 8.54. The lowest BCUT2D eigenvalue weighted by atomic mass is 10.1. The molecule has 0 radical (unpaired) electrons. The van der Waals surface area contributed by atoms with E-state index in [1.807, 2.05) is 42.1 Å². The van der Waals surface area contributed by atoms with Crippen molar-refractivity contribution in [1.82, 2.24) is 14.3 Å². The standard InChI is InChI=1S/C24H29ClN4O/c1-17-10-11-21(18(2)16-17)28-14-12-27(13-15-28)19(3)23-22(25)24(30)29(26(23)4)20-8-6-5-7-9-20/h5-11,16,19H,12-15H2,1-4H3. The van der Waals surface area contributed by atoms with Crippen LogP contribution in [0.1, 0.15) is 29.8 Å². The molecule has 1 aliphatic heterocycles. The van der Waals surface area contributed by atoms with Gasteiger partial charge in [0.25, 0.3) is 5.56 Å². The molecule has 0 spiro atoms. The molecule has 30 heavy (non-hydrogen) atoms. The monoisotopic (exact) mass is 424 g/mol. The third kappa shape index (κ3) is 3.68. The molecule has 0 bridgehead atoms. The van der Waals surface area contributed by atoms with Gasteiger partial charge in [-0.05, 0) is 44.5 Å². The second-order valence-electron chi connectivity index (χ2n) is 8.16. The van der Waals surface area contributed by atoms with E-state index in [4.69, 9.17) is 11.6 Å². The lowest BCUT2D eigenvalue weighted by Gasteiger charge is -2.39. The zero-order chi connectivity index (χ0) is 21.4. The average molecular weight is 425 g/mol. The fraction of sp³-hybridized carbons (Fsp3) is 0.375. The van der Waals surface area contributed by atoms with Crippen LogP contribution in [0.25, 0.3) is 5.69 Å². The van der Waals surface area contributed by atoms with E-state index >= 15 is 0 Å². The molecule has 1 atom stereocenters. The van der Waals surface area contributed by atoms with Crippen molar-refractivity contribution in [3.63, 3.8) is 0 Å². The molecule has 3 aromatic rings. The quantitative estimate of drug-likeness (QED) is 0.625. The maximum absolute atomic E-state index is 12.9. The number of para-hydroxylation sites is 1. The smallest absolute Gasteiger partial charge is 0.290 e. The third-order valence-corrected chi connectivity index (χ3v) is 6.56. The Balaban J connectivity index is 1.55. The molecular formula is C24H29ClN4O. The molecule has 6 heteroatoms. The summed E-state index contributed by atoms with van der Waals surface area (Å²) in [6.07, 6.45) is 0. The van der Waals surface area contributed by atoms with E-state index in [2.05, 4.69) is 48.8 Å². The number of nitrogens with zero attached hydrogens (tertiary/aromatic N) is 4. The van der Waals surface area contributed by atoms with Crippen LogP contribution in [0.2, 0.25) is 5.02 Å². The minimum Gasteiger partial charge on any atom is -0.369 e. The number of anilines is 1. The number of aryl methyl sites for hydroxylation is 2. The number of rotatable bonds is 4. The Labute approximate surface area is 183 Å². The highest BCUT2D eigenvalue weighted by Gasteiger charge is 2.28. The molecule has 2 heterocycles. The summed E-state index contributed by atoms with van der Waals surface area (Å²) < 4.78 is 3.56. The Kier molecular flexibility index (Phi) is 5.76. The zero-order valence-electron chi connectivity index (χ0n) is 18.1. The van der Waals surface area contributed by atoms with E-state index in [-0.39, 0.29) is 11.6 Å². The van der Waals surface area contributed by atoms with Crippen molar-refractivity contribution in [3.8, 4) is 5.69 Å². The Morgan fingerprint density at radius 3 is 2.27 bits per heavy atom. The molecule has 0 amide bonds. The van der Waals surface area contributed by atoms with Gasteiger partial charge in [0.1, 0.15) is 5.02 Å². The average Bonchev–Trinajstić information content (AvgIpc) is 2.97. The van der Waals surface area contributed by atoms with Gasteiger partial charge in [0.2, 0.25) is 0 Å². The molecule has 1 aliphatic rings. The van der Waals surface area contributed by atoms with Crippen molar-refractivity contribution in [2.75, 3.05) is 31.1 Å². The number of aromatic nitrogens is 2. The van der Waals surface area contributed by atoms with E-state index < -0.39 is 0 Å². The van der Waals surface area contributed by atoms with Crippen molar-refractivity contribution in [2.24, 2.45) is 7.05 Å². The molecule has 1 saturated heterocycles. The van der Waals surface area contributed by atoms with Gasteiger partial charge < -0.3 is 4.90 Å². The fourth-order valence-electron chi connectivity index (χ4n) is 4.59. The van der Waals surface area contributed by atoms with Gasteiger partial charge in [-0.25, -0.2) is 4.68 Å². The maximum Gasteiger partial charge on any atom is 0.290 e. The molecule has 0 saturated carbocycles. The first-order valence-electron chi connectivity index (χ1n) is 10.5. The number of hydrogen-bond donors (Lipinski definition) is 0. The van der Waals surface area contributed by atoms with Crippen molar-refractivity contribution >= 4 is 17.3 Å². The summed E-state index contributed by atoms with van der Waals surface area (Å²) in [7, 11) is 1.91. The molecule has 1 unspecified atom stereocenters. The normalized spacial score (nSPS) is 16.1. The molecule has 2 aromatic carbocycles. The molecule has 0 N–H and O–H groups in total. The first-order valence-corrected chi connectivity index (χ1v) is 10.9. The predicted molar refractivity (Wildman–Crippen MR) is 124 cm³/mol. The van der Waals surface area contributed by atoms with Crippen LogP contribution in [0.15, 0.2) is 53.3 Å². The number of halogens is 1. The molecule has 158 valence electrons. The van der Waals surface area contributed by atoms with Crippen LogP contribution >= 0.6 is 11.6 Å². The Hall–Kier alpha value is -2.50. The summed E-state index contributed by atoms with van der Waals surface area (Å²) in [5.74, 6) is 0.